The Labute approximate surface area is 143 Å². The van der Waals surface area contributed by atoms with Crippen LogP contribution in [0.2, 0.25) is 0 Å². The summed E-state index contributed by atoms with van der Waals surface area (Å²) in [6.45, 7) is 0.923. The van der Waals surface area contributed by atoms with Crippen molar-refractivity contribution in [2.24, 2.45) is 0 Å². The standard InChI is InChI=1S/C19H15F4N2/c20-18-16(7-6-15(12-24)17(18)19(21,22)23)25-10-8-14(9-11-25)13-4-2-1-3-5-13/h2-7,14H,8-11H2. The average Bonchev–Trinajstić information content (AvgIpc) is 2.61. The minimum absolute atomic E-state index is 0.0915. The van der Waals surface area contributed by atoms with Gasteiger partial charge in [0.05, 0.1) is 17.3 Å². The summed E-state index contributed by atoms with van der Waals surface area (Å²) in [6, 6.07) is 14.3. The molecule has 0 atom stereocenters. The lowest BCUT2D eigenvalue weighted by molar-refractivity contribution is -0.140. The first-order chi connectivity index (χ1) is 11.9. The normalized spacial score (nSPS) is 15.9. The third kappa shape index (κ3) is 3.46. The van der Waals surface area contributed by atoms with Crippen molar-refractivity contribution in [3.8, 4) is 6.07 Å². The maximum Gasteiger partial charge on any atom is 0.420 e. The highest BCUT2D eigenvalue weighted by Gasteiger charge is 2.39. The first kappa shape index (κ1) is 17.3. The summed E-state index contributed by atoms with van der Waals surface area (Å²) in [4.78, 5) is 1.62. The summed E-state index contributed by atoms with van der Waals surface area (Å²) >= 11 is 0. The first-order valence-electron chi connectivity index (χ1n) is 7.92. The molecule has 1 radical (unpaired) electrons. The molecule has 0 N–H and O–H groups in total. The van der Waals surface area contributed by atoms with E-state index in [-0.39, 0.29) is 5.69 Å². The molecule has 3 rings (SSSR count). The molecule has 0 bridgehead atoms. The van der Waals surface area contributed by atoms with Crippen LogP contribution in [0, 0.1) is 23.2 Å². The third-order valence-electron chi connectivity index (χ3n) is 4.58. The number of nitriles is 1. The Morgan fingerprint density at radius 2 is 1.72 bits per heavy atom. The number of benzene rings is 2. The zero-order chi connectivity index (χ0) is 18.0. The number of anilines is 1. The molecule has 2 aromatic carbocycles. The minimum atomic E-state index is -4.90. The second-order valence-corrected chi connectivity index (χ2v) is 6.03. The third-order valence-corrected chi connectivity index (χ3v) is 4.58. The summed E-state index contributed by atoms with van der Waals surface area (Å²) in [5, 5.41) is 8.84. The molecular weight excluding hydrogens is 332 g/mol. The zero-order valence-corrected chi connectivity index (χ0v) is 13.3. The van der Waals surface area contributed by atoms with Crippen molar-refractivity contribution >= 4 is 5.69 Å². The Balaban J connectivity index is 1.84. The SMILES string of the molecule is N#Cc1ccc(N2CCC(c3cc[c]cc3)CC2)c(F)c1C(F)(F)F. The van der Waals surface area contributed by atoms with Crippen molar-refractivity contribution in [3.63, 3.8) is 0 Å². The van der Waals surface area contributed by atoms with E-state index in [1.165, 1.54) is 12.1 Å². The maximum atomic E-state index is 14.5. The van der Waals surface area contributed by atoms with Crippen LogP contribution < -0.4 is 4.90 Å². The zero-order valence-electron chi connectivity index (χ0n) is 13.3. The molecule has 0 unspecified atom stereocenters. The van der Waals surface area contributed by atoms with Crippen LogP contribution >= 0.6 is 0 Å². The number of rotatable bonds is 2. The molecule has 0 spiro atoms. The van der Waals surface area contributed by atoms with Gasteiger partial charge in [-0.25, -0.2) is 4.39 Å². The molecule has 6 heteroatoms. The fourth-order valence-electron chi connectivity index (χ4n) is 3.31. The molecule has 1 aliphatic heterocycles. The topological polar surface area (TPSA) is 27.0 Å². The van der Waals surface area contributed by atoms with E-state index in [1.54, 1.807) is 4.90 Å². The number of piperidine rings is 1. The Kier molecular flexibility index (Phi) is 4.67. The van der Waals surface area contributed by atoms with E-state index in [9.17, 15) is 17.6 Å². The molecule has 129 valence electrons. The van der Waals surface area contributed by atoms with Gasteiger partial charge >= 0.3 is 6.18 Å². The quantitative estimate of drug-likeness (QED) is 0.723. The molecule has 2 nitrogen and oxygen atoms in total. The average molecular weight is 347 g/mol. The van der Waals surface area contributed by atoms with Gasteiger partial charge in [-0.2, -0.15) is 18.4 Å². The maximum absolute atomic E-state index is 14.5. The first-order valence-corrected chi connectivity index (χ1v) is 7.92. The fourth-order valence-corrected chi connectivity index (χ4v) is 3.31. The lowest BCUT2D eigenvalue weighted by atomic mass is 9.89. The molecule has 1 aliphatic rings. The van der Waals surface area contributed by atoms with Gasteiger partial charge in [0.1, 0.15) is 5.56 Å². The van der Waals surface area contributed by atoms with Crippen molar-refractivity contribution in [1.29, 1.82) is 5.26 Å². The molecular formula is C19H15F4N2. The Hall–Kier alpha value is -2.55. The monoisotopic (exact) mass is 347 g/mol. The van der Waals surface area contributed by atoms with Gasteiger partial charge in [-0.15, -0.1) is 0 Å². The van der Waals surface area contributed by atoms with E-state index in [0.29, 0.717) is 19.0 Å². The second kappa shape index (κ2) is 6.75. The molecule has 1 saturated heterocycles. The van der Waals surface area contributed by atoms with E-state index < -0.39 is 23.1 Å². The van der Waals surface area contributed by atoms with E-state index in [4.69, 9.17) is 5.26 Å². The van der Waals surface area contributed by atoms with E-state index in [1.807, 2.05) is 24.3 Å². The van der Waals surface area contributed by atoms with Crippen molar-refractivity contribution < 1.29 is 17.6 Å². The predicted molar refractivity (Wildman–Crippen MR) is 85.6 cm³/mol. The number of nitrogens with zero attached hydrogens (tertiary/aromatic N) is 2. The van der Waals surface area contributed by atoms with E-state index in [0.717, 1.165) is 24.5 Å². The van der Waals surface area contributed by atoms with E-state index in [2.05, 4.69) is 6.07 Å². The van der Waals surface area contributed by atoms with Crippen LogP contribution in [0.25, 0.3) is 0 Å². The van der Waals surface area contributed by atoms with Crippen molar-refractivity contribution in [2.45, 2.75) is 24.9 Å². The van der Waals surface area contributed by atoms with Gasteiger partial charge in [-0.05, 0) is 42.5 Å². The van der Waals surface area contributed by atoms with Gasteiger partial charge in [0.2, 0.25) is 0 Å². The smallest absolute Gasteiger partial charge is 0.369 e. The summed E-state index contributed by atoms with van der Waals surface area (Å²) in [5.41, 5.74) is -1.10. The molecule has 2 aromatic rings. The lowest BCUT2D eigenvalue weighted by Crippen LogP contribution is -2.34. The number of hydrogen-bond donors (Lipinski definition) is 0. The molecule has 0 saturated carbocycles. The van der Waals surface area contributed by atoms with Gasteiger partial charge < -0.3 is 4.90 Å². The van der Waals surface area contributed by atoms with Crippen LogP contribution in [0.5, 0.6) is 0 Å². The molecule has 1 heterocycles. The molecule has 25 heavy (non-hydrogen) atoms. The van der Waals surface area contributed by atoms with Crippen molar-refractivity contribution in [3.05, 3.63) is 65.0 Å². The van der Waals surface area contributed by atoms with Gasteiger partial charge in [0, 0.05) is 13.1 Å². The fraction of sp³-hybridized carbons (Fsp3) is 0.316. The highest BCUT2D eigenvalue weighted by atomic mass is 19.4. The Morgan fingerprint density at radius 1 is 1.08 bits per heavy atom. The highest BCUT2D eigenvalue weighted by Crippen LogP contribution is 2.39. The molecule has 0 amide bonds. The minimum Gasteiger partial charge on any atom is -0.369 e. The number of halogens is 4. The van der Waals surface area contributed by atoms with Crippen LogP contribution in [0.4, 0.5) is 23.2 Å². The summed E-state index contributed by atoms with van der Waals surface area (Å²) < 4.78 is 53.8. The highest BCUT2D eigenvalue weighted by molar-refractivity contribution is 5.56. The number of hydrogen-bond acceptors (Lipinski definition) is 2. The Morgan fingerprint density at radius 3 is 2.28 bits per heavy atom. The van der Waals surface area contributed by atoms with Gasteiger partial charge in [0.25, 0.3) is 0 Å². The van der Waals surface area contributed by atoms with Crippen LogP contribution in [0.15, 0.2) is 36.4 Å². The van der Waals surface area contributed by atoms with Crippen LogP contribution in [-0.4, -0.2) is 13.1 Å². The summed E-state index contributed by atoms with van der Waals surface area (Å²) in [7, 11) is 0. The molecule has 0 aliphatic carbocycles. The Bertz CT molecular complexity index is 786. The second-order valence-electron chi connectivity index (χ2n) is 6.03. The predicted octanol–water partition coefficient (Wildman–Crippen LogP) is 4.90. The van der Waals surface area contributed by atoms with Crippen LogP contribution in [0.3, 0.4) is 0 Å². The van der Waals surface area contributed by atoms with Gasteiger partial charge in [-0.1, -0.05) is 24.3 Å². The van der Waals surface area contributed by atoms with Gasteiger partial charge in [0.15, 0.2) is 5.82 Å². The summed E-state index contributed by atoms with van der Waals surface area (Å²) in [6.07, 6.45) is -3.44. The van der Waals surface area contributed by atoms with Gasteiger partial charge in [-0.3, -0.25) is 0 Å². The molecule has 1 fully saturated rings. The molecule has 0 aromatic heterocycles. The number of alkyl halides is 3. The van der Waals surface area contributed by atoms with Crippen LogP contribution in [0.1, 0.15) is 35.4 Å². The van der Waals surface area contributed by atoms with Crippen molar-refractivity contribution in [1.82, 2.24) is 0 Å². The summed E-state index contributed by atoms with van der Waals surface area (Å²) in [5.74, 6) is -1.06. The van der Waals surface area contributed by atoms with Crippen molar-refractivity contribution in [2.75, 3.05) is 18.0 Å². The van der Waals surface area contributed by atoms with E-state index >= 15 is 0 Å². The lowest BCUT2D eigenvalue weighted by Gasteiger charge is -2.34. The largest absolute Gasteiger partial charge is 0.420 e. The van der Waals surface area contributed by atoms with Crippen LogP contribution in [-0.2, 0) is 6.18 Å².